The van der Waals surface area contributed by atoms with Crippen molar-refractivity contribution in [3.05, 3.63) is 60.1 Å². The predicted octanol–water partition coefficient (Wildman–Crippen LogP) is 3.14. The van der Waals surface area contributed by atoms with Gasteiger partial charge in [-0.1, -0.05) is 36.8 Å². The molecule has 2 aromatic rings. The summed E-state index contributed by atoms with van der Waals surface area (Å²) in [5, 5.41) is 2.99. The maximum atomic E-state index is 12.1. The van der Waals surface area contributed by atoms with E-state index >= 15 is 0 Å². The number of nitrogens with zero attached hydrogens (tertiary/aromatic N) is 1. The quantitative estimate of drug-likeness (QED) is 0.801. The smallest absolute Gasteiger partial charge is 0.246 e. The molecule has 1 aromatic carbocycles. The van der Waals surface area contributed by atoms with Gasteiger partial charge in [-0.3, -0.25) is 9.69 Å². The molecule has 2 heterocycles. The molecule has 1 atom stereocenters. The fraction of sp³-hybridized carbons (Fsp3) is 0.450. The lowest BCUT2D eigenvalue weighted by atomic mass is 10.1. The molecule has 1 amide bonds. The molecule has 0 bridgehead atoms. The van der Waals surface area contributed by atoms with Gasteiger partial charge in [0.2, 0.25) is 5.91 Å². The molecule has 134 valence electrons. The first-order valence-electron chi connectivity index (χ1n) is 8.99. The van der Waals surface area contributed by atoms with Crippen molar-refractivity contribution in [2.24, 2.45) is 0 Å². The summed E-state index contributed by atoms with van der Waals surface area (Å²) in [5.74, 6) is 0.817. The fourth-order valence-corrected chi connectivity index (χ4v) is 3.22. The highest BCUT2D eigenvalue weighted by Gasteiger charge is 2.24. The Bertz CT molecular complexity index is 622. The summed E-state index contributed by atoms with van der Waals surface area (Å²) >= 11 is 0. The Labute approximate surface area is 149 Å². The van der Waals surface area contributed by atoms with Crippen molar-refractivity contribution in [2.75, 3.05) is 26.2 Å². The van der Waals surface area contributed by atoms with Gasteiger partial charge < -0.3 is 14.5 Å². The SMILES string of the molecule is O=C(COCc1ccccc1)NCC(c1ccco1)N1CCCCC1. The van der Waals surface area contributed by atoms with Crippen LogP contribution >= 0.6 is 0 Å². The third-order valence-electron chi connectivity index (χ3n) is 4.54. The third-order valence-corrected chi connectivity index (χ3v) is 4.54. The average Bonchev–Trinajstić information content (AvgIpc) is 3.18. The molecule has 1 aliphatic rings. The number of hydrogen-bond donors (Lipinski definition) is 1. The summed E-state index contributed by atoms with van der Waals surface area (Å²) in [4.78, 5) is 14.5. The highest BCUT2D eigenvalue weighted by Crippen LogP contribution is 2.24. The van der Waals surface area contributed by atoms with Crippen molar-refractivity contribution in [1.82, 2.24) is 10.2 Å². The first kappa shape index (κ1) is 17.7. The van der Waals surface area contributed by atoms with Gasteiger partial charge in [0.25, 0.3) is 0 Å². The number of hydrogen-bond acceptors (Lipinski definition) is 4. The standard InChI is InChI=1S/C20H26N2O3/c23-20(16-24-15-17-8-3-1-4-9-17)21-14-18(19-10-7-13-25-19)22-11-5-2-6-12-22/h1,3-4,7-10,13,18H,2,5-6,11-12,14-16H2,(H,21,23). The number of ether oxygens (including phenoxy) is 1. The number of carbonyl (C=O) groups is 1. The molecular weight excluding hydrogens is 316 g/mol. The average molecular weight is 342 g/mol. The van der Waals surface area contributed by atoms with Crippen LogP contribution in [0, 0.1) is 0 Å². The lowest BCUT2D eigenvalue weighted by molar-refractivity contribution is -0.126. The minimum Gasteiger partial charge on any atom is -0.468 e. The highest BCUT2D eigenvalue weighted by atomic mass is 16.5. The molecule has 1 aromatic heterocycles. The molecule has 0 saturated carbocycles. The zero-order chi connectivity index (χ0) is 17.3. The van der Waals surface area contributed by atoms with E-state index in [-0.39, 0.29) is 18.6 Å². The second-order valence-electron chi connectivity index (χ2n) is 6.41. The number of amides is 1. The van der Waals surface area contributed by atoms with Gasteiger partial charge in [-0.2, -0.15) is 0 Å². The number of nitrogens with one attached hydrogen (secondary N) is 1. The van der Waals surface area contributed by atoms with E-state index in [2.05, 4.69) is 10.2 Å². The van der Waals surface area contributed by atoms with Gasteiger partial charge in [0, 0.05) is 6.54 Å². The van der Waals surface area contributed by atoms with E-state index in [1.54, 1.807) is 6.26 Å². The molecule has 5 nitrogen and oxygen atoms in total. The fourth-order valence-electron chi connectivity index (χ4n) is 3.22. The van der Waals surface area contributed by atoms with Crippen molar-refractivity contribution in [3.8, 4) is 0 Å². The number of carbonyl (C=O) groups excluding carboxylic acids is 1. The lowest BCUT2D eigenvalue weighted by Crippen LogP contribution is -2.41. The molecule has 1 fully saturated rings. The Kier molecular flexibility index (Phi) is 6.65. The molecule has 1 saturated heterocycles. The van der Waals surface area contributed by atoms with E-state index in [1.807, 2.05) is 42.5 Å². The summed E-state index contributed by atoms with van der Waals surface area (Å²) in [6, 6.07) is 13.8. The summed E-state index contributed by atoms with van der Waals surface area (Å²) in [6.45, 7) is 3.15. The van der Waals surface area contributed by atoms with Crippen LogP contribution in [0.25, 0.3) is 0 Å². The zero-order valence-electron chi connectivity index (χ0n) is 14.5. The Hall–Kier alpha value is -2.11. The van der Waals surface area contributed by atoms with E-state index in [0.717, 1.165) is 24.4 Å². The molecule has 5 heteroatoms. The van der Waals surface area contributed by atoms with Crippen LogP contribution < -0.4 is 5.32 Å². The van der Waals surface area contributed by atoms with Gasteiger partial charge in [0.15, 0.2) is 0 Å². The van der Waals surface area contributed by atoms with Gasteiger partial charge in [0.05, 0.1) is 18.9 Å². The maximum absolute atomic E-state index is 12.1. The van der Waals surface area contributed by atoms with E-state index in [4.69, 9.17) is 9.15 Å². The molecule has 0 spiro atoms. The molecule has 1 N–H and O–H groups in total. The minimum atomic E-state index is -0.0931. The number of piperidine rings is 1. The van der Waals surface area contributed by atoms with Crippen LogP contribution in [0.3, 0.4) is 0 Å². The van der Waals surface area contributed by atoms with Crippen molar-refractivity contribution in [1.29, 1.82) is 0 Å². The van der Waals surface area contributed by atoms with Crippen molar-refractivity contribution in [3.63, 3.8) is 0 Å². The number of furan rings is 1. The second-order valence-corrected chi connectivity index (χ2v) is 6.41. The third kappa shape index (κ3) is 5.44. The summed E-state index contributed by atoms with van der Waals surface area (Å²) in [7, 11) is 0. The van der Waals surface area contributed by atoms with E-state index in [9.17, 15) is 4.79 Å². The van der Waals surface area contributed by atoms with Crippen molar-refractivity contribution in [2.45, 2.75) is 31.9 Å². The number of rotatable bonds is 8. The van der Waals surface area contributed by atoms with Crippen LogP contribution in [0.15, 0.2) is 53.1 Å². The van der Waals surface area contributed by atoms with E-state index in [0.29, 0.717) is 13.2 Å². The Morgan fingerprint density at radius 2 is 1.92 bits per heavy atom. The topological polar surface area (TPSA) is 54.7 Å². The van der Waals surface area contributed by atoms with E-state index in [1.165, 1.54) is 19.3 Å². The molecule has 1 aliphatic heterocycles. The van der Waals surface area contributed by atoms with Crippen molar-refractivity contribution >= 4 is 5.91 Å². The molecular formula is C20H26N2O3. The van der Waals surface area contributed by atoms with Crippen LogP contribution in [0.4, 0.5) is 0 Å². The first-order chi connectivity index (χ1) is 12.3. The Balaban J connectivity index is 1.46. The molecule has 1 unspecified atom stereocenters. The predicted molar refractivity (Wildman–Crippen MR) is 96.0 cm³/mol. The molecule has 0 radical (unpaired) electrons. The Morgan fingerprint density at radius 3 is 2.64 bits per heavy atom. The van der Waals surface area contributed by atoms with Crippen molar-refractivity contribution < 1.29 is 13.9 Å². The summed E-state index contributed by atoms with van der Waals surface area (Å²) in [5.41, 5.74) is 1.07. The maximum Gasteiger partial charge on any atom is 0.246 e. The first-order valence-corrected chi connectivity index (χ1v) is 8.99. The lowest BCUT2D eigenvalue weighted by Gasteiger charge is -2.33. The number of benzene rings is 1. The van der Waals surface area contributed by atoms with Gasteiger partial charge in [-0.15, -0.1) is 0 Å². The van der Waals surface area contributed by atoms with Crippen LogP contribution in [0.5, 0.6) is 0 Å². The molecule has 25 heavy (non-hydrogen) atoms. The zero-order valence-corrected chi connectivity index (χ0v) is 14.5. The Morgan fingerprint density at radius 1 is 1.12 bits per heavy atom. The van der Waals surface area contributed by atoms with Gasteiger partial charge >= 0.3 is 0 Å². The van der Waals surface area contributed by atoms with Gasteiger partial charge in [0.1, 0.15) is 12.4 Å². The van der Waals surface area contributed by atoms with Crippen LogP contribution in [0.1, 0.15) is 36.6 Å². The van der Waals surface area contributed by atoms with Crippen LogP contribution in [0.2, 0.25) is 0 Å². The van der Waals surface area contributed by atoms with Crippen LogP contribution in [-0.2, 0) is 16.1 Å². The second kappa shape index (κ2) is 9.39. The highest BCUT2D eigenvalue weighted by molar-refractivity contribution is 5.77. The summed E-state index contributed by atoms with van der Waals surface area (Å²) in [6.07, 6.45) is 5.37. The number of likely N-dealkylation sites (tertiary alicyclic amines) is 1. The van der Waals surface area contributed by atoms with E-state index < -0.39 is 0 Å². The normalized spacial score (nSPS) is 16.5. The van der Waals surface area contributed by atoms with Gasteiger partial charge in [-0.05, 0) is 43.6 Å². The minimum absolute atomic E-state index is 0.0692. The molecule has 0 aliphatic carbocycles. The van der Waals surface area contributed by atoms with Gasteiger partial charge in [-0.25, -0.2) is 0 Å². The monoisotopic (exact) mass is 342 g/mol. The molecule has 3 rings (SSSR count). The van der Waals surface area contributed by atoms with Crippen LogP contribution in [-0.4, -0.2) is 37.0 Å². The summed E-state index contributed by atoms with van der Waals surface area (Å²) < 4.78 is 11.1. The largest absolute Gasteiger partial charge is 0.468 e.